The van der Waals surface area contributed by atoms with Crippen LogP contribution in [0.1, 0.15) is 38.3 Å². The maximum absolute atomic E-state index is 13.8. The van der Waals surface area contributed by atoms with Gasteiger partial charge in [0.05, 0.1) is 0 Å². The zero-order chi connectivity index (χ0) is 13.3. The van der Waals surface area contributed by atoms with Crippen molar-refractivity contribution in [2.45, 2.75) is 38.5 Å². The summed E-state index contributed by atoms with van der Waals surface area (Å²) in [5, 5.41) is 8.52. The first kappa shape index (κ1) is 13.6. The Bertz CT molecular complexity index is 420. The molecule has 0 amide bonds. The molecule has 4 heteroatoms. The molecule has 0 saturated heterocycles. The van der Waals surface area contributed by atoms with Gasteiger partial charge in [-0.3, -0.25) is 4.79 Å². The normalized spacial score (nSPS) is 12.5. The lowest BCUT2D eigenvalue weighted by Gasteiger charge is -2.26. The monoisotopic (exact) mass is 242 g/mol. The highest BCUT2D eigenvalue weighted by Crippen LogP contribution is 2.38. The molecule has 2 nitrogen and oxygen atoms in total. The molecule has 1 N–H and O–H groups in total. The fraction of sp³-hybridized carbons (Fsp3) is 0.462. The van der Waals surface area contributed by atoms with Crippen molar-refractivity contribution in [3.63, 3.8) is 0 Å². The van der Waals surface area contributed by atoms with Crippen LogP contribution in [0.2, 0.25) is 0 Å². The average molecular weight is 242 g/mol. The van der Waals surface area contributed by atoms with Crippen LogP contribution in [0.25, 0.3) is 0 Å². The van der Waals surface area contributed by atoms with E-state index in [0.29, 0.717) is 5.56 Å². The molecule has 1 aromatic carbocycles. The summed E-state index contributed by atoms with van der Waals surface area (Å²) >= 11 is 0. The Morgan fingerprint density at radius 2 is 1.65 bits per heavy atom. The first-order valence-corrected chi connectivity index (χ1v) is 5.34. The van der Waals surface area contributed by atoms with Crippen LogP contribution in [-0.4, -0.2) is 11.1 Å². The predicted molar refractivity (Wildman–Crippen MR) is 61.3 cm³/mol. The summed E-state index contributed by atoms with van der Waals surface area (Å²) in [6.45, 7) is 5.47. The van der Waals surface area contributed by atoms with Crippen LogP contribution < -0.4 is 0 Å². The van der Waals surface area contributed by atoms with Crippen molar-refractivity contribution >= 4 is 5.97 Å². The summed E-state index contributed by atoms with van der Waals surface area (Å²) in [5.41, 5.74) is -0.167. The lowest BCUT2D eigenvalue weighted by molar-refractivity contribution is -0.145. The SMILES string of the molecule is CC(C)(C)c1ccccc1C(F)(F)CC(=O)O. The van der Waals surface area contributed by atoms with E-state index in [-0.39, 0.29) is 5.56 Å². The molecule has 1 rings (SSSR count). The Labute approximate surface area is 99.3 Å². The fourth-order valence-corrected chi connectivity index (χ4v) is 1.74. The van der Waals surface area contributed by atoms with Gasteiger partial charge in [-0.2, -0.15) is 0 Å². The topological polar surface area (TPSA) is 37.3 Å². The first-order valence-electron chi connectivity index (χ1n) is 5.34. The van der Waals surface area contributed by atoms with Crippen LogP contribution in [-0.2, 0) is 16.1 Å². The van der Waals surface area contributed by atoms with E-state index in [1.54, 1.807) is 12.1 Å². The second kappa shape index (κ2) is 4.43. The van der Waals surface area contributed by atoms with E-state index in [1.165, 1.54) is 12.1 Å². The van der Waals surface area contributed by atoms with Gasteiger partial charge in [0, 0.05) is 5.56 Å². The Morgan fingerprint density at radius 1 is 1.18 bits per heavy atom. The van der Waals surface area contributed by atoms with E-state index in [2.05, 4.69) is 0 Å². The smallest absolute Gasteiger partial charge is 0.309 e. The summed E-state index contributed by atoms with van der Waals surface area (Å²) in [6.07, 6.45) is -1.18. The summed E-state index contributed by atoms with van der Waals surface area (Å²) in [7, 11) is 0. The minimum absolute atomic E-state index is 0.199. The number of aliphatic carboxylic acids is 1. The molecule has 1 aromatic rings. The molecule has 0 aromatic heterocycles. The van der Waals surface area contributed by atoms with Gasteiger partial charge < -0.3 is 5.11 Å². The highest BCUT2D eigenvalue weighted by molar-refractivity contribution is 5.68. The quantitative estimate of drug-likeness (QED) is 0.880. The van der Waals surface area contributed by atoms with Crippen LogP contribution in [0.15, 0.2) is 24.3 Å². The number of carboxylic acid groups (broad SMARTS) is 1. The number of halogens is 2. The largest absolute Gasteiger partial charge is 0.481 e. The van der Waals surface area contributed by atoms with Crippen LogP contribution in [0.4, 0.5) is 8.78 Å². The third-order valence-corrected chi connectivity index (χ3v) is 2.50. The molecule has 0 radical (unpaired) electrons. The van der Waals surface area contributed by atoms with E-state index in [1.807, 2.05) is 20.8 Å². The predicted octanol–water partition coefficient (Wildman–Crippen LogP) is 3.55. The molecule has 0 atom stereocenters. The van der Waals surface area contributed by atoms with Crippen LogP contribution >= 0.6 is 0 Å². The summed E-state index contributed by atoms with van der Waals surface area (Å²) in [5.74, 6) is -4.84. The number of hydrogen-bond donors (Lipinski definition) is 1. The summed E-state index contributed by atoms with van der Waals surface area (Å²) < 4.78 is 27.6. The molecule has 0 bridgehead atoms. The van der Waals surface area contributed by atoms with Gasteiger partial charge in [0.15, 0.2) is 0 Å². The fourth-order valence-electron chi connectivity index (χ4n) is 1.74. The third kappa shape index (κ3) is 3.25. The lowest BCUT2D eigenvalue weighted by Crippen LogP contribution is -2.24. The van der Waals surface area contributed by atoms with Crippen molar-refractivity contribution < 1.29 is 18.7 Å². The number of benzene rings is 1. The van der Waals surface area contributed by atoms with Crippen molar-refractivity contribution in [3.8, 4) is 0 Å². The van der Waals surface area contributed by atoms with Crippen molar-refractivity contribution in [1.29, 1.82) is 0 Å². The average Bonchev–Trinajstić information content (AvgIpc) is 2.14. The molecular formula is C13H16F2O2. The Hall–Kier alpha value is -1.45. The van der Waals surface area contributed by atoms with E-state index >= 15 is 0 Å². The Morgan fingerprint density at radius 3 is 2.06 bits per heavy atom. The highest BCUT2D eigenvalue weighted by Gasteiger charge is 2.38. The van der Waals surface area contributed by atoms with Gasteiger partial charge >= 0.3 is 5.97 Å². The number of carboxylic acids is 1. The minimum atomic E-state index is -3.34. The third-order valence-electron chi connectivity index (χ3n) is 2.50. The number of hydrogen-bond acceptors (Lipinski definition) is 1. The van der Waals surface area contributed by atoms with Crippen LogP contribution in [0, 0.1) is 0 Å². The number of carbonyl (C=O) groups is 1. The maximum Gasteiger partial charge on any atom is 0.309 e. The summed E-state index contributed by atoms with van der Waals surface area (Å²) in [6, 6.07) is 6.09. The highest BCUT2D eigenvalue weighted by atomic mass is 19.3. The van der Waals surface area contributed by atoms with Crippen molar-refractivity contribution in [2.24, 2.45) is 0 Å². The van der Waals surface area contributed by atoms with Crippen molar-refractivity contribution in [3.05, 3.63) is 35.4 Å². The molecule has 17 heavy (non-hydrogen) atoms. The lowest BCUT2D eigenvalue weighted by atomic mass is 9.81. The molecule has 0 fully saturated rings. The number of alkyl halides is 2. The molecule has 0 aliphatic carbocycles. The van der Waals surface area contributed by atoms with Crippen molar-refractivity contribution in [2.75, 3.05) is 0 Å². The Balaban J connectivity index is 3.26. The van der Waals surface area contributed by atoms with Crippen LogP contribution in [0.5, 0.6) is 0 Å². The van der Waals surface area contributed by atoms with E-state index in [9.17, 15) is 13.6 Å². The molecule has 94 valence electrons. The molecular weight excluding hydrogens is 226 g/mol. The zero-order valence-electron chi connectivity index (χ0n) is 10.1. The molecule has 0 spiro atoms. The minimum Gasteiger partial charge on any atom is -0.481 e. The van der Waals surface area contributed by atoms with Crippen LogP contribution in [0.3, 0.4) is 0 Å². The van der Waals surface area contributed by atoms with Gasteiger partial charge in [-0.1, -0.05) is 45.0 Å². The van der Waals surface area contributed by atoms with E-state index in [4.69, 9.17) is 5.11 Å². The molecule has 0 aliphatic rings. The standard InChI is InChI=1S/C13H16F2O2/c1-12(2,3)9-6-4-5-7-10(9)13(14,15)8-11(16)17/h4-7H,8H2,1-3H3,(H,16,17). The maximum atomic E-state index is 13.8. The van der Waals surface area contributed by atoms with Gasteiger partial charge in [0.1, 0.15) is 6.42 Å². The Kier molecular flexibility index (Phi) is 3.55. The second-order valence-electron chi connectivity index (χ2n) is 5.07. The molecule has 0 unspecified atom stereocenters. The van der Waals surface area contributed by atoms with E-state index in [0.717, 1.165) is 0 Å². The first-order chi connectivity index (χ1) is 7.64. The van der Waals surface area contributed by atoms with Gasteiger partial charge in [-0.05, 0) is 11.0 Å². The summed E-state index contributed by atoms with van der Waals surface area (Å²) in [4.78, 5) is 10.5. The number of rotatable bonds is 3. The molecule has 0 saturated carbocycles. The molecule has 0 aliphatic heterocycles. The van der Waals surface area contributed by atoms with E-state index < -0.39 is 23.7 Å². The molecule has 0 heterocycles. The van der Waals surface area contributed by atoms with Gasteiger partial charge in [-0.25, -0.2) is 8.78 Å². The zero-order valence-corrected chi connectivity index (χ0v) is 10.1. The second-order valence-corrected chi connectivity index (χ2v) is 5.07. The van der Waals surface area contributed by atoms with Gasteiger partial charge in [0.25, 0.3) is 5.92 Å². The van der Waals surface area contributed by atoms with Crippen molar-refractivity contribution in [1.82, 2.24) is 0 Å². The van der Waals surface area contributed by atoms with Gasteiger partial charge in [0.2, 0.25) is 0 Å². The van der Waals surface area contributed by atoms with Gasteiger partial charge in [-0.15, -0.1) is 0 Å².